The monoisotopic (exact) mass is 520 g/mol. The van der Waals surface area contributed by atoms with Gasteiger partial charge in [0, 0.05) is 5.41 Å². The molecule has 0 atom stereocenters. The topological polar surface area (TPSA) is 0 Å². The molecule has 0 heteroatoms. The molecule has 0 heterocycles. The van der Waals surface area contributed by atoms with E-state index in [0.29, 0.717) is 0 Å². The summed E-state index contributed by atoms with van der Waals surface area (Å²) in [6.07, 6.45) is 0. The summed E-state index contributed by atoms with van der Waals surface area (Å²) in [7, 11) is 0. The molecule has 0 saturated heterocycles. The molecule has 0 N–H and O–H groups in total. The van der Waals surface area contributed by atoms with Crippen molar-refractivity contribution in [2.45, 2.75) is 19.3 Å². The molecule has 9 rings (SSSR count). The van der Waals surface area contributed by atoms with Gasteiger partial charge in [-0.15, -0.1) is 0 Å². The molecular weight excluding hydrogens is 492 g/mol. The van der Waals surface area contributed by atoms with Crippen molar-refractivity contribution in [2.75, 3.05) is 0 Å². The van der Waals surface area contributed by atoms with E-state index >= 15 is 0 Å². The maximum Gasteiger partial charge on any atom is 0.0159 e. The van der Waals surface area contributed by atoms with Crippen LogP contribution >= 0.6 is 0 Å². The van der Waals surface area contributed by atoms with Crippen LogP contribution in [0, 0.1) is 0 Å². The minimum Gasteiger partial charge on any atom is -0.0616 e. The van der Waals surface area contributed by atoms with E-state index in [1.807, 2.05) is 0 Å². The molecule has 0 aliphatic heterocycles. The quantitative estimate of drug-likeness (QED) is 0.199. The van der Waals surface area contributed by atoms with Crippen LogP contribution in [-0.2, 0) is 5.41 Å². The Hall–Kier alpha value is -4.94. The Morgan fingerprint density at radius 1 is 0.341 bits per heavy atom. The molecule has 41 heavy (non-hydrogen) atoms. The van der Waals surface area contributed by atoms with E-state index in [9.17, 15) is 0 Å². The minimum absolute atomic E-state index is 0.0159. The lowest BCUT2D eigenvalue weighted by Gasteiger charge is -2.21. The van der Waals surface area contributed by atoms with Crippen molar-refractivity contribution in [3.63, 3.8) is 0 Å². The van der Waals surface area contributed by atoms with Gasteiger partial charge in [-0.25, -0.2) is 0 Å². The predicted molar refractivity (Wildman–Crippen MR) is 177 cm³/mol. The maximum absolute atomic E-state index is 2.41. The largest absolute Gasteiger partial charge is 0.0616 e. The molecule has 0 fully saturated rings. The first-order chi connectivity index (χ1) is 20.1. The molecule has 0 aromatic heterocycles. The molecule has 0 radical (unpaired) electrons. The summed E-state index contributed by atoms with van der Waals surface area (Å²) < 4.78 is 0. The first kappa shape index (κ1) is 22.8. The molecule has 0 amide bonds. The predicted octanol–water partition coefficient (Wildman–Crippen LogP) is 11.4. The summed E-state index contributed by atoms with van der Waals surface area (Å²) in [5.74, 6) is 0. The smallest absolute Gasteiger partial charge is 0.0159 e. The molecule has 1 aliphatic carbocycles. The molecule has 0 saturated carbocycles. The second-order valence-corrected chi connectivity index (χ2v) is 12.1. The van der Waals surface area contributed by atoms with Crippen molar-refractivity contribution in [2.24, 2.45) is 0 Å². The SMILES string of the molecule is CC1(C)c2cccc3c4ccc(-c5cccc(-c6ccc7c(ccc8ccccc87)c6)c5)cc4c4cccc1c4c23. The van der Waals surface area contributed by atoms with E-state index in [2.05, 4.69) is 147 Å². The van der Waals surface area contributed by atoms with E-state index in [-0.39, 0.29) is 5.41 Å². The molecule has 8 aromatic rings. The van der Waals surface area contributed by atoms with Crippen molar-refractivity contribution >= 4 is 53.9 Å². The fourth-order valence-electron chi connectivity index (χ4n) is 7.53. The highest BCUT2D eigenvalue weighted by atomic mass is 14.4. The number of fused-ring (bicyclic) bond motifs is 6. The van der Waals surface area contributed by atoms with Crippen molar-refractivity contribution < 1.29 is 0 Å². The summed E-state index contributed by atoms with van der Waals surface area (Å²) in [6, 6.07) is 49.8. The van der Waals surface area contributed by atoms with Gasteiger partial charge in [-0.2, -0.15) is 0 Å². The maximum atomic E-state index is 2.41. The standard InChI is InChI=1S/C41H28/c1-41(2)37-14-6-12-34-33-21-19-29(24-36(33)35-13-7-15-38(41)40(35)39(34)37)27-10-5-9-26(22-27)28-18-20-32-30(23-28)17-16-25-8-3-4-11-31(25)32/h3-24H,1-2H3. The minimum atomic E-state index is 0.0159. The van der Waals surface area contributed by atoms with Crippen LogP contribution in [-0.4, -0.2) is 0 Å². The van der Waals surface area contributed by atoms with Crippen molar-refractivity contribution in [1.82, 2.24) is 0 Å². The van der Waals surface area contributed by atoms with E-state index in [1.165, 1.54) is 87.2 Å². The third-order valence-corrected chi connectivity index (χ3v) is 9.60. The molecule has 0 nitrogen and oxygen atoms in total. The van der Waals surface area contributed by atoms with Gasteiger partial charge in [-0.05, 0) is 105 Å². The molecule has 0 bridgehead atoms. The Morgan fingerprint density at radius 3 is 1.63 bits per heavy atom. The molecule has 0 spiro atoms. The first-order valence-electron chi connectivity index (χ1n) is 14.5. The number of hydrogen-bond donors (Lipinski definition) is 0. The zero-order chi connectivity index (χ0) is 27.3. The van der Waals surface area contributed by atoms with Gasteiger partial charge in [-0.1, -0.05) is 129 Å². The van der Waals surface area contributed by atoms with Crippen LogP contribution in [0.5, 0.6) is 0 Å². The van der Waals surface area contributed by atoms with Crippen LogP contribution in [0.2, 0.25) is 0 Å². The van der Waals surface area contributed by atoms with Gasteiger partial charge in [0.15, 0.2) is 0 Å². The first-order valence-corrected chi connectivity index (χ1v) is 14.5. The summed E-state index contributed by atoms with van der Waals surface area (Å²) in [5.41, 5.74) is 7.90. The lowest BCUT2D eigenvalue weighted by Crippen LogP contribution is -2.14. The third-order valence-electron chi connectivity index (χ3n) is 9.60. The van der Waals surface area contributed by atoms with Crippen LogP contribution in [0.1, 0.15) is 25.0 Å². The summed E-state index contributed by atoms with van der Waals surface area (Å²) in [5, 5.41) is 13.5. The zero-order valence-electron chi connectivity index (χ0n) is 23.2. The normalized spacial score (nSPS) is 13.8. The Morgan fingerprint density at radius 2 is 0.878 bits per heavy atom. The van der Waals surface area contributed by atoms with E-state index in [0.717, 1.165) is 0 Å². The van der Waals surface area contributed by atoms with Gasteiger partial charge < -0.3 is 0 Å². The van der Waals surface area contributed by atoms with Gasteiger partial charge in [-0.3, -0.25) is 0 Å². The fraction of sp³-hybridized carbons (Fsp3) is 0.0732. The molecule has 1 aliphatic rings. The highest BCUT2D eigenvalue weighted by molar-refractivity contribution is 6.29. The van der Waals surface area contributed by atoms with Gasteiger partial charge in [0.2, 0.25) is 0 Å². The number of hydrogen-bond acceptors (Lipinski definition) is 0. The van der Waals surface area contributed by atoms with Crippen LogP contribution < -0.4 is 0 Å². The van der Waals surface area contributed by atoms with Gasteiger partial charge in [0.25, 0.3) is 0 Å². The highest BCUT2D eigenvalue weighted by Crippen LogP contribution is 2.51. The number of benzene rings is 8. The van der Waals surface area contributed by atoms with Crippen LogP contribution in [0.3, 0.4) is 0 Å². The van der Waals surface area contributed by atoms with Gasteiger partial charge in [0.05, 0.1) is 0 Å². The second kappa shape index (κ2) is 8.05. The second-order valence-electron chi connectivity index (χ2n) is 12.1. The molecular formula is C41H28. The van der Waals surface area contributed by atoms with Crippen molar-refractivity contribution in [1.29, 1.82) is 0 Å². The lowest BCUT2D eigenvalue weighted by molar-refractivity contribution is 0.663. The third kappa shape index (κ3) is 3.11. The lowest BCUT2D eigenvalue weighted by atomic mass is 9.82. The van der Waals surface area contributed by atoms with E-state index in [1.54, 1.807) is 0 Å². The fourth-order valence-corrected chi connectivity index (χ4v) is 7.53. The Bertz CT molecular complexity index is 2390. The average Bonchev–Trinajstić information content (AvgIpc) is 3.27. The Kier molecular flexibility index (Phi) is 4.49. The molecule has 8 aromatic carbocycles. The zero-order valence-corrected chi connectivity index (χ0v) is 23.2. The Balaban J connectivity index is 1.22. The number of rotatable bonds is 2. The van der Waals surface area contributed by atoms with Gasteiger partial charge >= 0.3 is 0 Å². The van der Waals surface area contributed by atoms with Crippen LogP contribution in [0.15, 0.2) is 133 Å². The summed E-state index contributed by atoms with van der Waals surface area (Å²) in [6.45, 7) is 4.74. The van der Waals surface area contributed by atoms with E-state index in [4.69, 9.17) is 0 Å². The van der Waals surface area contributed by atoms with Crippen molar-refractivity contribution in [3.8, 4) is 22.3 Å². The molecule has 192 valence electrons. The average molecular weight is 521 g/mol. The van der Waals surface area contributed by atoms with Crippen LogP contribution in [0.25, 0.3) is 76.1 Å². The summed E-state index contributed by atoms with van der Waals surface area (Å²) in [4.78, 5) is 0. The van der Waals surface area contributed by atoms with E-state index < -0.39 is 0 Å². The molecule has 0 unspecified atom stereocenters. The Labute approximate surface area is 239 Å². The van der Waals surface area contributed by atoms with Crippen molar-refractivity contribution in [3.05, 3.63) is 145 Å². The van der Waals surface area contributed by atoms with Gasteiger partial charge in [0.1, 0.15) is 0 Å². The highest BCUT2D eigenvalue weighted by Gasteiger charge is 2.34. The summed E-state index contributed by atoms with van der Waals surface area (Å²) >= 11 is 0. The van der Waals surface area contributed by atoms with Crippen LogP contribution in [0.4, 0.5) is 0 Å².